The van der Waals surface area contributed by atoms with Gasteiger partial charge in [0.15, 0.2) is 5.13 Å². The fraction of sp³-hybridized carbons (Fsp3) is 0.467. The zero-order chi connectivity index (χ0) is 14.5. The second-order valence-electron chi connectivity index (χ2n) is 4.86. The van der Waals surface area contributed by atoms with Crippen molar-refractivity contribution in [2.24, 2.45) is 0 Å². The van der Waals surface area contributed by atoms with Crippen LogP contribution in [0.1, 0.15) is 39.7 Å². The van der Waals surface area contributed by atoms with Crippen LogP contribution in [0.3, 0.4) is 0 Å². The molecule has 5 heteroatoms. The maximum Gasteiger partial charge on any atom is 0.260 e. The highest BCUT2D eigenvalue weighted by Crippen LogP contribution is 2.23. The monoisotopic (exact) mass is 291 g/mol. The van der Waals surface area contributed by atoms with E-state index in [0.717, 1.165) is 30.2 Å². The summed E-state index contributed by atoms with van der Waals surface area (Å²) >= 11 is 1.54. The van der Waals surface area contributed by atoms with Gasteiger partial charge < -0.3 is 9.88 Å². The smallest absolute Gasteiger partial charge is 0.260 e. The van der Waals surface area contributed by atoms with Crippen LogP contribution in [0.25, 0.3) is 11.3 Å². The normalized spacial score (nSPS) is 12.3. The van der Waals surface area contributed by atoms with Gasteiger partial charge in [0.1, 0.15) is 0 Å². The molecule has 0 spiro atoms. The molecule has 2 rings (SSSR count). The van der Waals surface area contributed by atoms with Gasteiger partial charge in [0, 0.05) is 24.2 Å². The minimum absolute atomic E-state index is 0.0363. The lowest BCUT2D eigenvalue weighted by Gasteiger charge is -2.13. The SMILES string of the molecule is CCCNc1nc(-c2cccn(C(C)CC)c2=O)cs1. The van der Waals surface area contributed by atoms with Crippen molar-refractivity contribution in [3.8, 4) is 11.3 Å². The Morgan fingerprint density at radius 3 is 2.95 bits per heavy atom. The summed E-state index contributed by atoms with van der Waals surface area (Å²) < 4.78 is 1.79. The highest BCUT2D eigenvalue weighted by Gasteiger charge is 2.12. The number of hydrogen-bond acceptors (Lipinski definition) is 4. The number of nitrogens with one attached hydrogen (secondary N) is 1. The summed E-state index contributed by atoms with van der Waals surface area (Å²) in [4.78, 5) is 17.0. The Morgan fingerprint density at radius 2 is 2.25 bits per heavy atom. The molecule has 0 aliphatic rings. The van der Waals surface area contributed by atoms with E-state index in [2.05, 4.69) is 31.1 Å². The van der Waals surface area contributed by atoms with E-state index in [9.17, 15) is 4.79 Å². The molecule has 2 heterocycles. The van der Waals surface area contributed by atoms with Crippen molar-refractivity contribution in [3.63, 3.8) is 0 Å². The number of anilines is 1. The van der Waals surface area contributed by atoms with Crippen molar-refractivity contribution in [2.75, 3.05) is 11.9 Å². The molecule has 108 valence electrons. The van der Waals surface area contributed by atoms with Crippen LogP contribution < -0.4 is 10.9 Å². The Bertz CT molecular complexity index is 618. The van der Waals surface area contributed by atoms with Crippen LogP contribution in [0, 0.1) is 0 Å². The molecular weight excluding hydrogens is 270 g/mol. The highest BCUT2D eigenvalue weighted by atomic mass is 32.1. The van der Waals surface area contributed by atoms with E-state index in [1.807, 2.05) is 23.7 Å². The minimum atomic E-state index is 0.0363. The maximum absolute atomic E-state index is 12.5. The first kappa shape index (κ1) is 14.8. The van der Waals surface area contributed by atoms with E-state index >= 15 is 0 Å². The first-order chi connectivity index (χ1) is 9.67. The Labute approximate surface area is 123 Å². The van der Waals surface area contributed by atoms with Crippen molar-refractivity contribution in [1.29, 1.82) is 0 Å². The predicted molar refractivity (Wildman–Crippen MR) is 85.6 cm³/mol. The second kappa shape index (κ2) is 6.70. The van der Waals surface area contributed by atoms with Gasteiger partial charge in [-0.25, -0.2) is 4.98 Å². The van der Waals surface area contributed by atoms with Gasteiger partial charge in [-0.15, -0.1) is 11.3 Å². The fourth-order valence-electron chi connectivity index (χ4n) is 1.96. The van der Waals surface area contributed by atoms with Gasteiger partial charge in [-0.3, -0.25) is 4.79 Å². The summed E-state index contributed by atoms with van der Waals surface area (Å²) in [6.07, 6.45) is 3.84. The van der Waals surface area contributed by atoms with E-state index in [0.29, 0.717) is 5.56 Å². The Hall–Kier alpha value is -1.62. The molecule has 0 fully saturated rings. The topological polar surface area (TPSA) is 46.9 Å². The number of nitrogens with zero attached hydrogens (tertiary/aromatic N) is 2. The predicted octanol–water partition coefficient (Wildman–Crippen LogP) is 3.76. The molecule has 20 heavy (non-hydrogen) atoms. The standard InChI is InChI=1S/C15H21N3OS/c1-4-8-16-15-17-13(10-20-15)12-7-6-9-18(14(12)19)11(3)5-2/h6-7,9-11H,4-5,8H2,1-3H3,(H,16,17). The molecule has 2 aromatic rings. The summed E-state index contributed by atoms with van der Waals surface area (Å²) in [7, 11) is 0. The molecule has 0 radical (unpaired) electrons. The van der Waals surface area contributed by atoms with Gasteiger partial charge in [-0.2, -0.15) is 0 Å². The van der Waals surface area contributed by atoms with Crippen molar-refractivity contribution in [3.05, 3.63) is 34.1 Å². The van der Waals surface area contributed by atoms with Gasteiger partial charge in [0.2, 0.25) is 0 Å². The zero-order valence-corrected chi connectivity index (χ0v) is 13.0. The lowest BCUT2D eigenvalue weighted by atomic mass is 10.2. The van der Waals surface area contributed by atoms with Gasteiger partial charge in [-0.05, 0) is 31.9 Å². The molecular formula is C15H21N3OS. The lowest BCUT2D eigenvalue weighted by Crippen LogP contribution is -2.23. The number of aromatic nitrogens is 2. The van der Waals surface area contributed by atoms with Crippen molar-refractivity contribution < 1.29 is 0 Å². The summed E-state index contributed by atoms with van der Waals surface area (Å²) in [5, 5.41) is 6.07. The molecule has 0 saturated heterocycles. The number of thiazole rings is 1. The summed E-state index contributed by atoms with van der Waals surface area (Å²) in [6, 6.07) is 3.97. The molecule has 0 amide bonds. The van der Waals surface area contributed by atoms with Crippen LogP contribution in [-0.4, -0.2) is 16.1 Å². The van der Waals surface area contributed by atoms with E-state index in [1.165, 1.54) is 0 Å². The molecule has 0 aliphatic heterocycles. The fourth-order valence-corrected chi connectivity index (χ4v) is 2.70. The summed E-state index contributed by atoms with van der Waals surface area (Å²) in [5.41, 5.74) is 1.47. The van der Waals surface area contributed by atoms with Crippen LogP contribution in [0.5, 0.6) is 0 Å². The maximum atomic E-state index is 12.5. The van der Waals surface area contributed by atoms with E-state index in [4.69, 9.17) is 0 Å². The average Bonchev–Trinajstić information content (AvgIpc) is 2.93. The van der Waals surface area contributed by atoms with Gasteiger partial charge in [-0.1, -0.05) is 13.8 Å². The summed E-state index contributed by atoms with van der Waals surface area (Å²) in [6.45, 7) is 7.15. The second-order valence-corrected chi connectivity index (χ2v) is 5.71. The zero-order valence-electron chi connectivity index (χ0n) is 12.2. The number of pyridine rings is 1. The molecule has 1 N–H and O–H groups in total. The van der Waals surface area contributed by atoms with Crippen LogP contribution in [-0.2, 0) is 0 Å². The van der Waals surface area contributed by atoms with Gasteiger partial charge >= 0.3 is 0 Å². The minimum Gasteiger partial charge on any atom is -0.362 e. The molecule has 4 nitrogen and oxygen atoms in total. The Morgan fingerprint density at radius 1 is 1.45 bits per heavy atom. The molecule has 1 atom stereocenters. The van der Waals surface area contributed by atoms with Gasteiger partial charge in [0.25, 0.3) is 5.56 Å². The molecule has 0 aliphatic carbocycles. The quantitative estimate of drug-likeness (QED) is 0.881. The average molecular weight is 291 g/mol. The first-order valence-electron chi connectivity index (χ1n) is 7.08. The number of rotatable bonds is 6. The first-order valence-corrected chi connectivity index (χ1v) is 7.96. The third kappa shape index (κ3) is 3.10. The van der Waals surface area contributed by atoms with Crippen LogP contribution >= 0.6 is 11.3 Å². The Balaban J connectivity index is 2.33. The highest BCUT2D eigenvalue weighted by molar-refractivity contribution is 7.14. The molecule has 0 bridgehead atoms. The molecule has 2 aromatic heterocycles. The van der Waals surface area contributed by atoms with Crippen LogP contribution in [0.15, 0.2) is 28.5 Å². The molecule has 0 aromatic carbocycles. The third-order valence-electron chi connectivity index (χ3n) is 3.35. The lowest BCUT2D eigenvalue weighted by molar-refractivity contribution is 0.515. The van der Waals surface area contributed by atoms with E-state index < -0.39 is 0 Å². The van der Waals surface area contributed by atoms with Crippen LogP contribution in [0.4, 0.5) is 5.13 Å². The molecule has 1 unspecified atom stereocenters. The molecule has 0 saturated carbocycles. The largest absolute Gasteiger partial charge is 0.362 e. The third-order valence-corrected chi connectivity index (χ3v) is 4.15. The van der Waals surface area contributed by atoms with E-state index in [1.54, 1.807) is 15.9 Å². The van der Waals surface area contributed by atoms with E-state index in [-0.39, 0.29) is 11.6 Å². The van der Waals surface area contributed by atoms with Crippen LogP contribution in [0.2, 0.25) is 0 Å². The van der Waals surface area contributed by atoms with Gasteiger partial charge in [0.05, 0.1) is 11.3 Å². The summed E-state index contributed by atoms with van der Waals surface area (Å²) in [5.74, 6) is 0. The van der Waals surface area contributed by atoms with Crippen molar-refractivity contribution in [2.45, 2.75) is 39.7 Å². The van der Waals surface area contributed by atoms with Crippen molar-refractivity contribution in [1.82, 2.24) is 9.55 Å². The number of hydrogen-bond donors (Lipinski definition) is 1. The van der Waals surface area contributed by atoms with Crippen molar-refractivity contribution >= 4 is 16.5 Å². The Kier molecular flexibility index (Phi) is 4.95.